The predicted molar refractivity (Wildman–Crippen MR) is 53.5 cm³/mol. The summed E-state index contributed by atoms with van der Waals surface area (Å²) in [6.45, 7) is 3.57. The van der Waals surface area contributed by atoms with Crippen LogP contribution in [0.5, 0.6) is 0 Å². The molecular weight excluding hydrogens is 180 g/mol. The van der Waals surface area contributed by atoms with E-state index in [2.05, 4.69) is 15.3 Å². The molecule has 1 amide bonds. The number of hydrogen-bond acceptors (Lipinski definition) is 4. The van der Waals surface area contributed by atoms with E-state index in [9.17, 15) is 4.79 Å². The Labute approximate surface area is 82.7 Å². The van der Waals surface area contributed by atoms with Gasteiger partial charge < -0.3 is 11.1 Å². The standard InChI is InChI=1S/C9H14N4O/c1-6(7(2)10)9(14)13-8-5-11-3-4-12-8/h3-7H,10H2,1-2H3,(H,12,13,14). The van der Waals surface area contributed by atoms with E-state index in [-0.39, 0.29) is 17.9 Å². The monoisotopic (exact) mass is 194 g/mol. The minimum absolute atomic E-state index is 0.138. The van der Waals surface area contributed by atoms with Crippen molar-refractivity contribution in [3.63, 3.8) is 0 Å². The lowest BCUT2D eigenvalue weighted by molar-refractivity contribution is -0.119. The summed E-state index contributed by atoms with van der Waals surface area (Å²) in [5.74, 6) is 0.0718. The Bertz CT molecular complexity index is 299. The summed E-state index contributed by atoms with van der Waals surface area (Å²) in [4.78, 5) is 19.3. The quantitative estimate of drug-likeness (QED) is 0.729. The molecular formula is C9H14N4O. The number of anilines is 1. The normalized spacial score (nSPS) is 14.5. The summed E-state index contributed by atoms with van der Waals surface area (Å²) in [5, 5.41) is 2.63. The Morgan fingerprint density at radius 1 is 1.50 bits per heavy atom. The smallest absolute Gasteiger partial charge is 0.229 e. The molecule has 1 rings (SSSR count). The van der Waals surface area contributed by atoms with Crippen molar-refractivity contribution < 1.29 is 4.79 Å². The largest absolute Gasteiger partial charge is 0.327 e. The van der Waals surface area contributed by atoms with Gasteiger partial charge in [-0.3, -0.25) is 9.78 Å². The third kappa shape index (κ3) is 2.77. The number of nitrogens with one attached hydrogen (secondary N) is 1. The van der Waals surface area contributed by atoms with Crippen molar-refractivity contribution in [2.75, 3.05) is 5.32 Å². The second kappa shape index (κ2) is 4.66. The first-order chi connectivity index (χ1) is 6.61. The average molecular weight is 194 g/mol. The Morgan fingerprint density at radius 2 is 2.21 bits per heavy atom. The summed E-state index contributed by atoms with van der Waals surface area (Å²) in [5.41, 5.74) is 5.59. The van der Waals surface area contributed by atoms with Crippen LogP contribution in [0.25, 0.3) is 0 Å². The van der Waals surface area contributed by atoms with Crippen molar-refractivity contribution >= 4 is 11.7 Å². The molecule has 0 fully saturated rings. The molecule has 0 aliphatic carbocycles. The Hall–Kier alpha value is -1.49. The van der Waals surface area contributed by atoms with Crippen molar-refractivity contribution in [3.8, 4) is 0 Å². The van der Waals surface area contributed by atoms with E-state index in [1.54, 1.807) is 20.0 Å². The molecule has 1 aromatic heterocycles. The lowest BCUT2D eigenvalue weighted by Gasteiger charge is -2.14. The van der Waals surface area contributed by atoms with Crippen LogP contribution >= 0.6 is 0 Å². The molecule has 76 valence electrons. The molecule has 5 nitrogen and oxygen atoms in total. The molecule has 0 aliphatic rings. The van der Waals surface area contributed by atoms with Gasteiger partial charge in [-0.2, -0.15) is 0 Å². The van der Waals surface area contributed by atoms with Crippen LogP contribution in [0.4, 0.5) is 5.82 Å². The van der Waals surface area contributed by atoms with E-state index in [1.807, 2.05) is 0 Å². The maximum atomic E-state index is 11.5. The number of carbonyl (C=O) groups is 1. The molecule has 2 atom stereocenters. The van der Waals surface area contributed by atoms with Gasteiger partial charge in [0.05, 0.1) is 12.1 Å². The molecule has 14 heavy (non-hydrogen) atoms. The second-order valence-electron chi connectivity index (χ2n) is 3.23. The maximum absolute atomic E-state index is 11.5. The highest BCUT2D eigenvalue weighted by Gasteiger charge is 2.17. The molecule has 0 radical (unpaired) electrons. The zero-order valence-electron chi connectivity index (χ0n) is 8.27. The van der Waals surface area contributed by atoms with E-state index in [0.717, 1.165) is 0 Å². The highest BCUT2D eigenvalue weighted by Crippen LogP contribution is 2.04. The van der Waals surface area contributed by atoms with Crippen molar-refractivity contribution in [2.24, 2.45) is 11.7 Å². The summed E-state index contributed by atoms with van der Waals surface area (Å²) in [7, 11) is 0. The molecule has 5 heteroatoms. The SMILES string of the molecule is CC(N)C(C)C(=O)Nc1cnccn1. The molecule has 0 spiro atoms. The summed E-state index contributed by atoms with van der Waals surface area (Å²) in [6, 6.07) is -0.174. The number of hydrogen-bond donors (Lipinski definition) is 2. The molecule has 3 N–H and O–H groups in total. The van der Waals surface area contributed by atoms with E-state index < -0.39 is 0 Å². The lowest BCUT2D eigenvalue weighted by Crippen LogP contribution is -2.34. The van der Waals surface area contributed by atoms with Crippen LogP contribution in [0.3, 0.4) is 0 Å². The summed E-state index contributed by atoms with van der Waals surface area (Å²) < 4.78 is 0. The minimum Gasteiger partial charge on any atom is -0.327 e. The van der Waals surface area contributed by atoms with Crippen LogP contribution in [0.15, 0.2) is 18.6 Å². The fourth-order valence-electron chi connectivity index (χ4n) is 0.842. The molecule has 0 aromatic carbocycles. The number of amides is 1. The lowest BCUT2D eigenvalue weighted by atomic mass is 10.0. The van der Waals surface area contributed by atoms with Crippen LogP contribution in [0.2, 0.25) is 0 Å². The number of aromatic nitrogens is 2. The van der Waals surface area contributed by atoms with E-state index in [1.165, 1.54) is 12.4 Å². The summed E-state index contributed by atoms with van der Waals surface area (Å²) in [6.07, 6.45) is 4.56. The van der Waals surface area contributed by atoms with Gasteiger partial charge in [0, 0.05) is 18.4 Å². The Morgan fingerprint density at radius 3 is 2.71 bits per heavy atom. The molecule has 1 aromatic rings. The molecule has 0 saturated carbocycles. The molecule has 1 heterocycles. The third-order valence-corrected chi connectivity index (χ3v) is 2.02. The van der Waals surface area contributed by atoms with Gasteiger partial charge in [-0.1, -0.05) is 6.92 Å². The van der Waals surface area contributed by atoms with Gasteiger partial charge >= 0.3 is 0 Å². The zero-order chi connectivity index (χ0) is 10.6. The van der Waals surface area contributed by atoms with Gasteiger partial charge in [0.2, 0.25) is 5.91 Å². The topological polar surface area (TPSA) is 80.9 Å². The van der Waals surface area contributed by atoms with Gasteiger partial charge in [0.25, 0.3) is 0 Å². The van der Waals surface area contributed by atoms with Crippen molar-refractivity contribution in [1.29, 1.82) is 0 Å². The minimum atomic E-state index is -0.239. The number of rotatable bonds is 3. The Balaban J connectivity index is 2.58. The van der Waals surface area contributed by atoms with Gasteiger partial charge in [-0.05, 0) is 6.92 Å². The van der Waals surface area contributed by atoms with Gasteiger partial charge in [0.1, 0.15) is 0 Å². The van der Waals surface area contributed by atoms with Crippen molar-refractivity contribution in [1.82, 2.24) is 9.97 Å². The molecule has 2 unspecified atom stereocenters. The van der Waals surface area contributed by atoms with Crippen LogP contribution in [-0.4, -0.2) is 21.9 Å². The predicted octanol–water partition coefficient (Wildman–Crippen LogP) is 0.398. The first kappa shape index (κ1) is 10.6. The number of nitrogens with zero attached hydrogens (tertiary/aromatic N) is 2. The first-order valence-electron chi connectivity index (χ1n) is 4.43. The third-order valence-electron chi connectivity index (χ3n) is 2.02. The average Bonchev–Trinajstić information content (AvgIpc) is 2.18. The van der Waals surface area contributed by atoms with E-state index >= 15 is 0 Å². The second-order valence-corrected chi connectivity index (χ2v) is 3.23. The van der Waals surface area contributed by atoms with E-state index in [4.69, 9.17) is 5.73 Å². The number of carbonyl (C=O) groups excluding carboxylic acids is 1. The highest BCUT2D eigenvalue weighted by molar-refractivity contribution is 5.91. The van der Waals surface area contributed by atoms with Crippen molar-refractivity contribution in [3.05, 3.63) is 18.6 Å². The van der Waals surface area contributed by atoms with Gasteiger partial charge in [0.15, 0.2) is 5.82 Å². The van der Waals surface area contributed by atoms with Crippen LogP contribution in [0.1, 0.15) is 13.8 Å². The highest BCUT2D eigenvalue weighted by atomic mass is 16.1. The van der Waals surface area contributed by atoms with Gasteiger partial charge in [-0.25, -0.2) is 4.98 Å². The molecule has 0 aliphatic heterocycles. The fourth-order valence-corrected chi connectivity index (χ4v) is 0.842. The maximum Gasteiger partial charge on any atom is 0.229 e. The molecule has 0 saturated heterocycles. The van der Waals surface area contributed by atoms with Gasteiger partial charge in [-0.15, -0.1) is 0 Å². The Kier molecular flexibility index (Phi) is 3.53. The number of nitrogens with two attached hydrogens (primary N) is 1. The summed E-state index contributed by atoms with van der Waals surface area (Å²) >= 11 is 0. The van der Waals surface area contributed by atoms with Crippen molar-refractivity contribution in [2.45, 2.75) is 19.9 Å². The van der Waals surface area contributed by atoms with Crippen LogP contribution in [-0.2, 0) is 4.79 Å². The molecule has 0 bridgehead atoms. The zero-order valence-corrected chi connectivity index (χ0v) is 8.27. The van der Waals surface area contributed by atoms with E-state index in [0.29, 0.717) is 5.82 Å². The van der Waals surface area contributed by atoms with Crippen LogP contribution in [0, 0.1) is 5.92 Å². The van der Waals surface area contributed by atoms with Crippen LogP contribution < -0.4 is 11.1 Å². The first-order valence-corrected chi connectivity index (χ1v) is 4.43. The fraction of sp³-hybridized carbons (Fsp3) is 0.444.